The molecule has 0 spiro atoms. The van der Waals surface area contributed by atoms with Gasteiger partial charge >= 0.3 is 11.9 Å². The predicted octanol–water partition coefficient (Wildman–Crippen LogP) is 7.84. The molecule has 0 aliphatic rings. The first kappa shape index (κ1) is 57.2. The molecule has 63 heavy (non-hydrogen) atoms. The molecular formula is C53H54N2O8. The van der Waals surface area contributed by atoms with Crippen molar-refractivity contribution in [1.29, 1.82) is 0 Å². The largest absolute Gasteiger partial charge is 0.460 e. The Morgan fingerprint density at radius 2 is 0.937 bits per heavy atom. The van der Waals surface area contributed by atoms with Crippen LogP contribution < -0.4 is 5.73 Å². The van der Waals surface area contributed by atoms with Crippen LogP contribution >= 0.6 is 0 Å². The number of anilines is 1. The van der Waals surface area contributed by atoms with Gasteiger partial charge in [0.2, 0.25) is 0 Å². The number of terminal acetylenes is 1. The Kier molecular flexibility index (Phi) is 33.7. The number of hydrogen-bond acceptors (Lipinski definition) is 9. The van der Waals surface area contributed by atoms with Gasteiger partial charge in [-0.25, -0.2) is 0 Å². The van der Waals surface area contributed by atoms with Crippen LogP contribution in [0.25, 0.3) is 0 Å². The molecule has 0 bridgehead atoms. The third kappa shape index (κ3) is 39.3. The highest BCUT2D eigenvalue weighted by atomic mass is 16.6. The summed E-state index contributed by atoms with van der Waals surface area (Å²) >= 11 is 0. The molecule has 0 saturated heterocycles. The molecule has 0 aromatic heterocycles. The second kappa shape index (κ2) is 37.1. The molecule has 10 nitrogen and oxygen atoms in total. The average Bonchev–Trinajstić information content (AvgIpc) is 3.21. The van der Waals surface area contributed by atoms with Crippen LogP contribution in [0.3, 0.4) is 0 Å². The molecule has 0 aliphatic carbocycles. The van der Waals surface area contributed by atoms with Crippen LogP contribution in [0, 0.1) is 129 Å². The van der Waals surface area contributed by atoms with Gasteiger partial charge in [-0.1, -0.05) is 48.1 Å². The van der Waals surface area contributed by atoms with Crippen molar-refractivity contribution < 1.29 is 33.5 Å². The molecular weight excluding hydrogens is 793 g/mol. The van der Waals surface area contributed by atoms with Gasteiger partial charge < -0.3 is 24.7 Å². The Morgan fingerprint density at radius 1 is 0.587 bits per heavy atom. The van der Waals surface area contributed by atoms with Gasteiger partial charge in [-0.15, -0.1) is 6.42 Å². The van der Waals surface area contributed by atoms with Gasteiger partial charge in [-0.05, 0) is 182 Å². The first-order chi connectivity index (χ1) is 30.0. The quantitative estimate of drug-likeness (QED) is 0.0534. The van der Waals surface area contributed by atoms with Crippen molar-refractivity contribution in [3.05, 3.63) is 69.8 Å². The minimum atomic E-state index is -0.484. The van der Waals surface area contributed by atoms with Gasteiger partial charge in [-0.2, -0.15) is 0 Å². The van der Waals surface area contributed by atoms with E-state index in [0.29, 0.717) is 44.6 Å². The van der Waals surface area contributed by atoms with Crippen molar-refractivity contribution in [2.75, 3.05) is 18.9 Å². The van der Waals surface area contributed by atoms with Crippen LogP contribution in [0.15, 0.2) is 48.5 Å². The first-order valence-corrected chi connectivity index (χ1v) is 19.4. The van der Waals surface area contributed by atoms with Gasteiger partial charge in [-0.3, -0.25) is 19.7 Å². The Hall–Kier alpha value is -7.90. The van der Waals surface area contributed by atoms with Gasteiger partial charge in [0.1, 0.15) is 11.2 Å². The van der Waals surface area contributed by atoms with E-state index in [1.54, 1.807) is 39.0 Å². The van der Waals surface area contributed by atoms with E-state index >= 15 is 0 Å². The maximum atomic E-state index is 11.5. The summed E-state index contributed by atoms with van der Waals surface area (Å²) in [6, 6.07) is 14.0. The number of carbonyl (C=O) groups is 2. The van der Waals surface area contributed by atoms with Gasteiger partial charge in [0, 0.05) is 43.4 Å². The molecule has 0 aliphatic heterocycles. The fourth-order valence-corrected chi connectivity index (χ4v) is 3.83. The average molecular weight is 847 g/mol. The van der Waals surface area contributed by atoms with E-state index in [1.165, 1.54) is 6.07 Å². The topological polar surface area (TPSA) is 140 Å². The fourth-order valence-electron chi connectivity index (χ4n) is 3.83. The summed E-state index contributed by atoms with van der Waals surface area (Å²) in [5.41, 5.74) is 7.17. The SMILES string of the molecule is C#CC#CC#CC#CC#CC.CC#CC#CC#CC#CC#CC.CC(C)(C)OC(=O)CCCOCc1ccccc1N.CC(C)(C)OC(=O)CCCOCc1ccccc1[N+](=O)[O-]. The highest BCUT2D eigenvalue weighted by molar-refractivity contribution is 5.70. The first-order valence-electron chi connectivity index (χ1n) is 19.4. The van der Waals surface area contributed by atoms with Crippen molar-refractivity contribution in [2.24, 2.45) is 0 Å². The second-order valence-corrected chi connectivity index (χ2v) is 13.8. The monoisotopic (exact) mass is 846 g/mol. The van der Waals surface area contributed by atoms with E-state index in [1.807, 2.05) is 65.8 Å². The van der Waals surface area contributed by atoms with Crippen LogP contribution in [0.2, 0.25) is 0 Å². The molecule has 0 heterocycles. The number of esters is 2. The lowest BCUT2D eigenvalue weighted by Crippen LogP contribution is -2.23. The van der Waals surface area contributed by atoms with Crippen LogP contribution in [0.1, 0.15) is 99.1 Å². The summed E-state index contributed by atoms with van der Waals surface area (Å²) < 4.78 is 21.2. The molecule has 0 saturated carbocycles. The van der Waals surface area contributed by atoms with Crippen molar-refractivity contribution in [2.45, 2.75) is 112 Å². The Labute approximate surface area is 375 Å². The third-order valence-electron chi connectivity index (χ3n) is 6.20. The second-order valence-electron chi connectivity index (χ2n) is 13.8. The summed E-state index contributed by atoms with van der Waals surface area (Å²) in [4.78, 5) is 33.3. The number of para-hydroxylation sites is 2. The third-order valence-corrected chi connectivity index (χ3v) is 6.20. The summed E-state index contributed by atoms with van der Waals surface area (Å²) in [7, 11) is 0. The summed E-state index contributed by atoms with van der Waals surface area (Å²) in [5.74, 6) is 47.1. The van der Waals surface area contributed by atoms with E-state index in [0.717, 1.165) is 11.3 Å². The van der Waals surface area contributed by atoms with Crippen LogP contribution in [-0.4, -0.2) is 41.3 Å². The van der Waals surface area contributed by atoms with E-state index in [9.17, 15) is 19.7 Å². The maximum Gasteiger partial charge on any atom is 0.306 e. The number of carbonyl (C=O) groups excluding carboxylic acids is 2. The molecule has 10 heteroatoms. The lowest BCUT2D eigenvalue weighted by molar-refractivity contribution is -0.386. The van der Waals surface area contributed by atoms with E-state index in [4.69, 9.17) is 31.1 Å². The highest BCUT2D eigenvalue weighted by Gasteiger charge is 2.17. The predicted molar refractivity (Wildman–Crippen MR) is 249 cm³/mol. The molecule has 0 fully saturated rings. The Bertz CT molecular complexity index is 2370. The number of nitro groups is 1. The molecule has 2 N–H and O–H groups in total. The molecule has 2 rings (SSSR count). The number of nitrogens with two attached hydrogens (primary N) is 1. The molecule has 2 aromatic rings. The van der Waals surface area contributed by atoms with Gasteiger partial charge in [0.25, 0.3) is 5.69 Å². The summed E-state index contributed by atoms with van der Waals surface area (Å²) in [6.45, 7) is 17.7. The number of hydrogen-bond donors (Lipinski definition) is 1. The normalized spacial score (nSPS) is 8.51. The standard InChI is InChI=1S/C15H21NO5.C15H23NO3.C12H6.C11H4/c1-15(2,3)21-14(17)9-6-10-20-11-12-7-4-5-8-13(12)16(18)19;1-15(2,3)19-14(17)9-6-10-18-11-12-7-4-5-8-13(12)16;1-3-5-7-9-11-12-10-8-6-4-2;1-3-5-7-9-11-10-8-6-4-2/h4-5,7-8H,6,9-11H2,1-3H3;4-5,7-8H,6,9-11,16H2,1-3H3;1-2H3;1H,2H3. The van der Waals surface area contributed by atoms with E-state index in [-0.39, 0.29) is 30.7 Å². The van der Waals surface area contributed by atoms with Crippen LogP contribution in [-0.2, 0) is 41.8 Å². The van der Waals surface area contributed by atoms with Crippen molar-refractivity contribution in [3.8, 4) is 119 Å². The van der Waals surface area contributed by atoms with Crippen molar-refractivity contribution >= 4 is 23.3 Å². The van der Waals surface area contributed by atoms with E-state index in [2.05, 4.69) is 112 Å². The zero-order chi connectivity index (χ0) is 47.6. The van der Waals surface area contributed by atoms with Crippen LogP contribution in [0.5, 0.6) is 0 Å². The zero-order valence-corrected chi connectivity index (χ0v) is 37.6. The lowest BCUT2D eigenvalue weighted by atomic mass is 10.2. The van der Waals surface area contributed by atoms with Crippen molar-refractivity contribution in [3.63, 3.8) is 0 Å². The number of rotatable bonds is 13. The zero-order valence-electron chi connectivity index (χ0n) is 37.6. The number of benzene rings is 2. The smallest absolute Gasteiger partial charge is 0.306 e. The van der Waals surface area contributed by atoms with E-state index < -0.39 is 16.1 Å². The summed E-state index contributed by atoms with van der Waals surface area (Å²) in [6.07, 6.45) is 6.67. The summed E-state index contributed by atoms with van der Waals surface area (Å²) in [5, 5.41) is 10.8. The molecule has 0 radical (unpaired) electrons. The van der Waals surface area contributed by atoms with Crippen molar-refractivity contribution in [1.82, 2.24) is 0 Å². The number of nitro benzene ring substituents is 1. The Morgan fingerprint density at radius 3 is 1.30 bits per heavy atom. The molecule has 2 aromatic carbocycles. The minimum Gasteiger partial charge on any atom is -0.460 e. The number of nitrogens with zero attached hydrogens (tertiary/aromatic N) is 1. The Balaban J connectivity index is 0. The lowest BCUT2D eigenvalue weighted by Gasteiger charge is -2.19. The van der Waals surface area contributed by atoms with Gasteiger partial charge in [0.15, 0.2) is 0 Å². The number of nitrogen functional groups attached to an aromatic ring is 1. The highest BCUT2D eigenvalue weighted by Crippen LogP contribution is 2.19. The molecule has 0 unspecified atom stereocenters. The minimum absolute atomic E-state index is 0.0460. The van der Waals surface area contributed by atoms with Gasteiger partial charge in [0.05, 0.1) is 23.7 Å². The molecule has 324 valence electrons. The van der Waals surface area contributed by atoms with Crippen LogP contribution in [0.4, 0.5) is 11.4 Å². The number of ether oxygens (including phenoxy) is 4. The molecule has 0 amide bonds. The molecule has 0 atom stereocenters. The maximum absolute atomic E-state index is 11.5. The fraction of sp³-hybridized carbons (Fsp3) is 0.358.